The summed E-state index contributed by atoms with van der Waals surface area (Å²) in [5.41, 5.74) is -0.0287. The van der Waals surface area contributed by atoms with E-state index in [0.29, 0.717) is 11.7 Å². The van der Waals surface area contributed by atoms with Gasteiger partial charge in [-0.3, -0.25) is 4.79 Å². The van der Waals surface area contributed by atoms with Crippen molar-refractivity contribution in [2.75, 3.05) is 0 Å². The van der Waals surface area contributed by atoms with E-state index in [-0.39, 0.29) is 5.41 Å². The van der Waals surface area contributed by atoms with Crippen molar-refractivity contribution in [1.82, 2.24) is 0 Å². The lowest BCUT2D eigenvalue weighted by Gasteiger charge is -2.28. The van der Waals surface area contributed by atoms with Gasteiger partial charge in [0.1, 0.15) is 0 Å². The Labute approximate surface area is 102 Å². The van der Waals surface area contributed by atoms with Crippen LogP contribution >= 0.6 is 11.3 Å². The summed E-state index contributed by atoms with van der Waals surface area (Å²) in [6.07, 6.45) is 5.71. The van der Waals surface area contributed by atoms with Crippen LogP contribution in [0.25, 0.3) is 0 Å². The molecule has 1 aromatic rings. The van der Waals surface area contributed by atoms with Gasteiger partial charge in [0.2, 0.25) is 0 Å². The van der Waals surface area contributed by atoms with Crippen molar-refractivity contribution in [1.29, 1.82) is 0 Å². The Hall–Kier alpha value is -0.630. The van der Waals surface area contributed by atoms with Gasteiger partial charge in [0.05, 0.1) is 4.88 Å². The molecule has 1 aromatic heterocycles. The molecule has 1 fully saturated rings. The summed E-state index contributed by atoms with van der Waals surface area (Å²) in [5.74, 6) is 1.02. The van der Waals surface area contributed by atoms with E-state index in [0.717, 1.165) is 24.1 Å². The van der Waals surface area contributed by atoms with Crippen LogP contribution in [-0.4, -0.2) is 5.78 Å². The Balaban J connectivity index is 2.22. The molecule has 0 radical (unpaired) electrons. The predicted molar refractivity (Wildman–Crippen MR) is 69.0 cm³/mol. The molecule has 2 heteroatoms. The Morgan fingerprint density at radius 3 is 2.62 bits per heavy atom. The second kappa shape index (κ2) is 4.70. The first-order valence-corrected chi connectivity index (χ1v) is 7.10. The van der Waals surface area contributed by atoms with Gasteiger partial charge in [-0.2, -0.15) is 0 Å². The minimum Gasteiger partial charge on any atom is -0.293 e. The molecule has 0 saturated heterocycles. The molecule has 0 aliphatic heterocycles. The van der Waals surface area contributed by atoms with Crippen LogP contribution in [0, 0.1) is 11.3 Å². The van der Waals surface area contributed by atoms with E-state index < -0.39 is 0 Å². The normalized spacial score (nSPS) is 19.2. The van der Waals surface area contributed by atoms with Gasteiger partial charge >= 0.3 is 0 Å². The molecule has 0 aromatic carbocycles. The number of ketones is 1. The summed E-state index contributed by atoms with van der Waals surface area (Å²) in [5, 5.41) is 2.01. The summed E-state index contributed by atoms with van der Waals surface area (Å²) >= 11 is 1.59. The first kappa shape index (κ1) is 11.8. The average Bonchev–Trinajstić information content (AvgIpc) is 2.85. The highest BCUT2D eigenvalue weighted by Crippen LogP contribution is 2.46. The lowest BCUT2D eigenvalue weighted by Crippen LogP contribution is -2.29. The summed E-state index contributed by atoms with van der Waals surface area (Å²) in [6.45, 7) is 4.45. The highest BCUT2D eigenvalue weighted by Gasteiger charge is 2.41. The van der Waals surface area contributed by atoms with E-state index in [9.17, 15) is 4.79 Å². The maximum Gasteiger partial charge on any atom is 0.178 e. The van der Waals surface area contributed by atoms with E-state index in [1.807, 2.05) is 17.5 Å². The van der Waals surface area contributed by atoms with E-state index in [4.69, 9.17) is 0 Å². The number of Topliss-reactive ketones (excluding diaryl/α,β-unsaturated/α-hetero) is 1. The van der Waals surface area contributed by atoms with E-state index >= 15 is 0 Å². The predicted octanol–water partition coefficient (Wildman–Crippen LogP) is 4.54. The first-order chi connectivity index (χ1) is 7.64. The largest absolute Gasteiger partial charge is 0.293 e. The van der Waals surface area contributed by atoms with E-state index in [1.54, 1.807) is 11.3 Å². The third-order valence-corrected chi connectivity index (χ3v) is 4.45. The molecule has 16 heavy (non-hydrogen) atoms. The number of hydrogen-bond acceptors (Lipinski definition) is 2. The highest BCUT2D eigenvalue weighted by molar-refractivity contribution is 7.12. The average molecular weight is 236 g/mol. The second-order valence-electron chi connectivity index (χ2n) is 5.39. The Kier molecular flexibility index (Phi) is 3.48. The molecule has 1 heterocycles. The number of rotatable bonds is 4. The quantitative estimate of drug-likeness (QED) is 0.702. The zero-order chi connectivity index (χ0) is 11.6. The fourth-order valence-corrected chi connectivity index (χ4v) is 3.81. The van der Waals surface area contributed by atoms with Gasteiger partial charge in [-0.15, -0.1) is 11.3 Å². The summed E-state index contributed by atoms with van der Waals surface area (Å²) in [6, 6.07) is 3.96. The fourth-order valence-electron chi connectivity index (χ4n) is 3.03. The van der Waals surface area contributed by atoms with Crippen molar-refractivity contribution in [2.45, 2.75) is 46.0 Å². The number of thiophene rings is 1. The van der Waals surface area contributed by atoms with E-state index in [1.165, 1.54) is 12.8 Å². The molecule has 88 valence electrons. The molecular weight excluding hydrogens is 216 g/mol. The lowest BCUT2D eigenvalue weighted by molar-refractivity contribution is 0.0764. The van der Waals surface area contributed by atoms with Crippen LogP contribution in [0.3, 0.4) is 0 Å². The highest BCUT2D eigenvalue weighted by atomic mass is 32.1. The summed E-state index contributed by atoms with van der Waals surface area (Å²) < 4.78 is 0. The number of hydrogen-bond donors (Lipinski definition) is 0. The third kappa shape index (κ3) is 2.22. The minimum absolute atomic E-state index is 0.0287. The van der Waals surface area contributed by atoms with Gasteiger partial charge in [-0.25, -0.2) is 0 Å². The molecule has 1 nitrogen and oxygen atoms in total. The third-order valence-electron chi connectivity index (χ3n) is 3.59. The molecule has 0 atom stereocenters. The van der Waals surface area contributed by atoms with Crippen molar-refractivity contribution in [2.24, 2.45) is 11.3 Å². The number of carbonyl (C=O) groups excluding carboxylic acids is 1. The monoisotopic (exact) mass is 236 g/mol. The van der Waals surface area contributed by atoms with Gasteiger partial charge in [0, 0.05) is 5.41 Å². The SMILES string of the molecule is CC(C)CC1(C(=O)c2cccs2)CCCC1. The van der Waals surface area contributed by atoms with Gasteiger partial charge in [-0.1, -0.05) is 32.8 Å². The Morgan fingerprint density at radius 2 is 2.12 bits per heavy atom. The maximum absolute atomic E-state index is 12.6. The molecule has 1 saturated carbocycles. The number of carbonyl (C=O) groups is 1. The molecular formula is C14H20OS. The van der Waals surface area contributed by atoms with Crippen molar-refractivity contribution >= 4 is 17.1 Å². The zero-order valence-corrected chi connectivity index (χ0v) is 11.0. The Bertz CT molecular complexity index is 345. The second-order valence-corrected chi connectivity index (χ2v) is 6.34. The zero-order valence-electron chi connectivity index (χ0n) is 10.2. The van der Waals surface area contributed by atoms with Crippen molar-refractivity contribution in [3.63, 3.8) is 0 Å². The smallest absolute Gasteiger partial charge is 0.178 e. The van der Waals surface area contributed by atoms with Crippen LogP contribution in [-0.2, 0) is 0 Å². The van der Waals surface area contributed by atoms with Gasteiger partial charge < -0.3 is 0 Å². The molecule has 1 aliphatic rings. The molecule has 0 unspecified atom stereocenters. The van der Waals surface area contributed by atoms with Crippen molar-refractivity contribution in [3.8, 4) is 0 Å². The minimum atomic E-state index is -0.0287. The molecule has 0 bridgehead atoms. The molecule has 0 spiro atoms. The van der Waals surface area contributed by atoms with Crippen LogP contribution in [0.5, 0.6) is 0 Å². The Morgan fingerprint density at radius 1 is 1.44 bits per heavy atom. The topological polar surface area (TPSA) is 17.1 Å². The molecule has 0 N–H and O–H groups in total. The van der Waals surface area contributed by atoms with Crippen LogP contribution in [0.4, 0.5) is 0 Å². The van der Waals surface area contributed by atoms with Crippen LogP contribution in [0.2, 0.25) is 0 Å². The molecule has 0 amide bonds. The van der Waals surface area contributed by atoms with Crippen LogP contribution < -0.4 is 0 Å². The van der Waals surface area contributed by atoms with Crippen LogP contribution in [0.15, 0.2) is 17.5 Å². The summed E-state index contributed by atoms with van der Waals surface area (Å²) in [4.78, 5) is 13.5. The first-order valence-electron chi connectivity index (χ1n) is 6.22. The van der Waals surface area contributed by atoms with Gasteiger partial charge in [0.15, 0.2) is 5.78 Å². The van der Waals surface area contributed by atoms with Crippen LogP contribution in [0.1, 0.15) is 55.6 Å². The maximum atomic E-state index is 12.6. The summed E-state index contributed by atoms with van der Waals surface area (Å²) in [7, 11) is 0. The van der Waals surface area contributed by atoms with Crippen molar-refractivity contribution in [3.05, 3.63) is 22.4 Å². The standard InChI is InChI=1S/C14H20OS/c1-11(2)10-14(7-3-4-8-14)13(15)12-6-5-9-16-12/h5-6,9,11H,3-4,7-8,10H2,1-2H3. The molecule has 2 rings (SSSR count). The van der Waals surface area contributed by atoms with Crippen molar-refractivity contribution < 1.29 is 4.79 Å². The molecule has 1 aliphatic carbocycles. The van der Waals surface area contributed by atoms with Gasteiger partial charge in [0.25, 0.3) is 0 Å². The lowest BCUT2D eigenvalue weighted by atomic mass is 9.74. The fraction of sp³-hybridized carbons (Fsp3) is 0.643. The van der Waals surface area contributed by atoms with E-state index in [2.05, 4.69) is 13.8 Å². The van der Waals surface area contributed by atoms with Gasteiger partial charge in [-0.05, 0) is 36.6 Å².